The van der Waals surface area contributed by atoms with Crippen molar-refractivity contribution in [3.63, 3.8) is 0 Å². The Balaban J connectivity index is 1.55. The molecule has 1 amide bonds. The van der Waals surface area contributed by atoms with Crippen molar-refractivity contribution in [2.45, 2.75) is 12.5 Å². The summed E-state index contributed by atoms with van der Waals surface area (Å²) in [6, 6.07) is 9.29. The third kappa shape index (κ3) is 3.42. The molecular formula is C17H21N5O4S. The summed E-state index contributed by atoms with van der Waals surface area (Å²) in [5.74, 6) is 0.320. The van der Waals surface area contributed by atoms with Crippen LogP contribution in [0, 0.1) is 11.8 Å². The summed E-state index contributed by atoms with van der Waals surface area (Å²) in [4.78, 5) is 27.9. The molecule has 2 N–H and O–H groups in total. The largest absolute Gasteiger partial charge is 0.342 e. The molecule has 144 valence electrons. The van der Waals surface area contributed by atoms with Gasteiger partial charge in [0.1, 0.15) is 5.82 Å². The molecule has 2 fully saturated rings. The summed E-state index contributed by atoms with van der Waals surface area (Å²) >= 11 is 0. The number of carbonyl (C=O) groups is 1. The molecule has 2 aliphatic rings. The van der Waals surface area contributed by atoms with Gasteiger partial charge in [0.2, 0.25) is 15.9 Å². The lowest BCUT2D eigenvalue weighted by Crippen LogP contribution is -2.37. The number of aromatic nitrogens is 3. The Kier molecular flexibility index (Phi) is 4.39. The van der Waals surface area contributed by atoms with Gasteiger partial charge in [-0.3, -0.25) is 9.78 Å². The number of nitrogens with one attached hydrogen (secondary N) is 2. The molecular weight excluding hydrogens is 370 g/mol. The normalized spacial score (nSPS) is 25.7. The molecule has 2 saturated heterocycles. The van der Waals surface area contributed by atoms with E-state index in [1.165, 1.54) is 6.26 Å². The zero-order valence-electron chi connectivity index (χ0n) is 14.8. The number of hydrogen-bond donors (Lipinski definition) is 2. The lowest BCUT2D eigenvalue weighted by molar-refractivity contribution is -0.129. The molecule has 3 heterocycles. The fraction of sp³-hybridized carbons (Fsp3) is 0.471. The first-order chi connectivity index (χ1) is 12.8. The van der Waals surface area contributed by atoms with Crippen LogP contribution in [0.3, 0.4) is 0 Å². The maximum absolute atomic E-state index is 12.6. The molecule has 2 aromatic rings. The molecule has 10 heteroatoms. The zero-order chi connectivity index (χ0) is 19.2. The van der Waals surface area contributed by atoms with E-state index in [0.29, 0.717) is 25.5 Å². The van der Waals surface area contributed by atoms with Gasteiger partial charge in [-0.15, -0.1) is 0 Å². The third-order valence-electron chi connectivity index (χ3n) is 5.41. The van der Waals surface area contributed by atoms with E-state index < -0.39 is 15.7 Å². The second kappa shape index (κ2) is 6.61. The first-order valence-electron chi connectivity index (χ1n) is 8.76. The standard InChI is InChI=1S/C17H21N5O4S/c1-27(25,26)22-9-12-8-21(15(23)7-14-18-17(24)20-19-14)10-13(12)16(22)11-5-3-2-4-6-11/h2-6,12-13,16H,7-10H2,1H3,(H2,18,19,20,24)/t12-,13-,16+/m1/s1. The van der Waals surface area contributed by atoms with Crippen LogP contribution < -0.4 is 5.69 Å². The van der Waals surface area contributed by atoms with Crippen molar-refractivity contribution in [1.29, 1.82) is 0 Å². The van der Waals surface area contributed by atoms with Crippen molar-refractivity contribution in [2.24, 2.45) is 11.8 Å². The molecule has 4 rings (SSSR count). The van der Waals surface area contributed by atoms with Crippen LogP contribution in [0.15, 0.2) is 35.1 Å². The van der Waals surface area contributed by atoms with Crippen molar-refractivity contribution in [2.75, 3.05) is 25.9 Å². The monoisotopic (exact) mass is 391 g/mol. The third-order valence-corrected chi connectivity index (χ3v) is 6.64. The van der Waals surface area contributed by atoms with Crippen LogP contribution in [0.2, 0.25) is 0 Å². The fourth-order valence-electron chi connectivity index (χ4n) is 4.26. The number of nitrogens with zero attached hydrogens (tertiary/aromatic N) is 3. The summed E-state index contributed by atoms with van der Waals surface area (Å²) < 4.78 is 26.2. The van der Waals surface area contributed by atoms with E-state index in [-0.39, 0.29) is 30.2 Å². The van der Waals surface area contributed by atoms with Crippen molar-refractivity contribution in [3.05, 3.63) is 52.2 Å². The predicted molar refractivity (Wildman–Crippen MR) is 97.2 cm³/mol. The van der Waals surface area contributed by atoms with E-state index in [1.54, 1.807) is 9.21 Å². The first kappa shape index (κ1) is 17.9. The Bertz CT molecular complexity index is 1000. The topological polar surface area (TPSA) is 119 Å². The minimum atomic E-state index is -3.35. The number of hydrogen-bond acceptors (Lipinski definition) is 5. The van der Waals surface area contributed by atoms with Gasteiger partial charge in [0.05, 0.1) is 18.7 Å². The van der Waals surface area contributed by atoms with Gasteiger partial charge in [0.15, 0.2) is 0 Å². The maximum Gasteiger partial charge on any atom is 0.340 e. The molecule has 0 saturated carbocycles. The van der Waals surface area contributed by atoms with Gasteiger partial charge in [-0.2, -0.15) is 9.40 Å². The van der Waals surface area contributed by atoms with Gasteiger partial charge >= 0.3 is 5.69 Å². The highest BCUT2D eigenvalue weighted by atomic mass is 32.2. The Hall–Kier alpha value is -2.46. The molecule has 2 aliphatic heterocycles. The van der Waals surface area contributed by atoms with Gasteiger partial charge in [-0.05, 0) is 11.5 Å². The van der Waals surface area contributed by atoms with Crippen molar-refractivity contribution >= 4 is 15.9 Å². The van der Waals surface area contributed by atoms with Crippen LogP contribution in [0.1, 0.15) is 17.4 Å². The molecule has 0 aliphatic carbocycles. The van der Waals surface area contributed by atoms with E-state index in [9.17, 15) is 18.0 Å². The average molecular weight is 391 g/mol. The number of likely N-dealkylation sites (tertiary alicyclic amines) is 1. The van der Waals surface area contributed by atoms with Crippen LogP contribution >= 0.6 is 0 Å². The second-order valence-electron chi connectivity index (χ2n) is 7.21. The molecule has 27 heavy (non-hydrogen) atoms. The molecule has 0 radical (unpaired) electrons. The number of fused-ring (bicyclic) bond motifs is 1. The number of rotatable bonds is 4. The number of sulfonamides is 1. The Labute approximate surface area is 156 Å². The quantitative estimate of drug-likeness (QED) is 0.744. The molecule has 0 bridgehead atoms. The van der Waals surface area contributed by atoms with Gasteiger partial charge in [-0.25, -0.2) is 18.3 Å². The molecule has 0 spiro atoms. The summed E-state index contributed by atoms with van der Waals surface area (Å²) in [7, 11) is -3.35. The number of amides is 1. The van der Waals surface area contributed by atoms with Crippen LogP contribution in [0.25, 0.3) is 0 Å². The number of carbonyl (C=O) groups excluding carboxylic acids is 1. The van der Waals surface area contributed by atoms with Crippen LogP contribution in [0.5, 0.6) is 0 Å². The number of benzene rings is 1. The van der Waals surface area contributed by atoms with Crippen molar-refractivity contribution in [3.8, 4) is 0 Å². The summed E-state index contributed by atoms with van der Waals surface area (Å²) in [6.45, 7) is 1.41. The summed E-state index contributed by atoms with van der Waals surface area (Å²) in [5, 5.41) is 6.03. The summed E-state index contributed by atoms with van der Waals surface area (Å²) in [5.41, 5.74) is 0.505. The first-order valence-corrected chi connectivity index (χ1v) is 10.6. The smallest absolute Gasteiger partial charge is 0.340 e. The lowest BCUT2D eigenvalue weighted by atomic mass is 9.90. The molecule has 0 unspecified atom stereocenters. The van der Waals surface area contributed by atoms with Crippen molar-refractivity contribution < 1.29 is 13.2 Å². The van der Waals surface area contributed by atoms with Crippen LogP contribution in [-0.4, -0.2) is 64.6 Å². The lowest BCUT2D eigenvalue weighted by Gasteiger charge is -2.28. The van der Waals surface area contributed by atoms with Crippen LogP contribution in [-0.2, 0) is 21.2 Å². The predicted octanol–water partition coefficient (Wildman–Crippen LogP) is -0.268. The Morgan fingerprint density at radius 3 is 2.59 bits per heavy atom. The van der Waals surface area contributed by atoms with E-state index in [2.05, 4.69) is 15.2 Å². The highest BCUT2D eigenvalue weighted by Crippen LogP contribution is 2.46. The van der Waals surface area contributed by atoms with Gasteiger partial charge in [-0.1, -0.05) is 30.3 Å². The maximum atomic E-state index is 12.6. The van der Waals surface area contributed by atoms with Crippen molar-refractivity contribution in [1.82, 2.24) is 24.4 Å². The van der Waals surface area contributed by atoms with E-state index in [1.807, 2.05) is 30.3 Å². The van der Waals surface area contributed by atoms with Crippen LogP contribution in [0.4, 0.5) is 0 Å². The Morgan fingerprint density at radius 2 is 1.96 bits per heavy atom. The zero-order valence-corrected chi connectivity index (χ0v) is 15.6. The van der Waals surface area contributed by atoms with Gasteiger partial charge < -0.3 is 4.90 Å². The fourth-order valence-corrected chi connectivity index (χ4v) is 5.41. The summed E-state index contributed by atoms with van der Waals surface area (Å²) in [6.07, 6.45) is 1.25. The minimum Gasteiger partial charge on any atom is -0.342 e. The SMILES string of the molecule is CS(=O)(=O)N1C[C@H]2CN(C(=O)Cc3n[nH]c(=O)[nH]3)C[C@H]2[C@@H]1c1ccccc1. The highest BCUT2D eigenvalue weighted by molar-refractivity contribution is 7.88. The molecule has 9 nitrogen and oxygen atoms in total. The van der Waals surface area contributed by atoms with E-state index >= 15 is 0 Å². The van der Waals surface area contributed by atoms with E-state index in [0.717, 1.165) is 5.56 Å². The number of aromatic amines is 2. The molecule has 1 aromatic carbocycles. The van der Waals surface area contributed by atoms with E-state index in [4.69, 9.17) is 0 Å². The average Bonchev–Trinajstić information content (AvgIpc) is 3.28. The minimum absolute atomic E-state index is 0.0178. The second-order valence-corrected chi connectivity index (χ2v) is 9.15. The molecule has 1 aromatic heterocycles. The highest BCUT2D eigenvalue weighted by Gasteiger charge is 2.51. The molecule has 3 atom stereocenters. The van der Waals surface area contributed by atoms with Gasteiger partial charge in [0, 0.05) is 25.6 Å². The Morgan fingerprint density at radius 1 is 1.22 bits per heavy atom. The van der Waals surface area contributed by atoms with Gasteiger partial charge in [0.25, 0.3) is 0 Å². The number of H-pyrrole nitrogens is 2.